The molecule has 0 fully saturated rings. The molecule has 2 aromatic heterocycles. The van der Waals surface area contributed by atoms with E-state index in [1.807, 2.05) is 0 Å². The number of anilines is 1. The number of halogens is 3. The van der Waals surface area contributed by atoms with Crippen molar-refractivity contribution in [3.63, 3.8) is 0 Å². The van der Waals surface area contributed by atoms with Gasteiger partial charge in [-0.2, -0.15) is 18.3 Å². The van der Waals surface area contributed by atoms with Crippen LogP contribution in [0.2, 0.25) is 25.7 Å². The molecule has 0 saturated heterocycles. The summed E-state index contributed by atoms with van der Waals surface area (Å²) >= 11 is 0. The Kier molecular flexibility index (Phi) is 8.06. The number of aromatic carboxylic acids is 1. The van der Waals surface area contributed by atoms with Crippen molar-refractivity contribution in [3.8, 4) is 5.88 Å². The van der Waals surface area contributed by atoms with Gasteiger partial charge in [-0.1, -0.05) is 43.9 Å². The smallest absolute Gasteiger partial charge is 0.423 e. The van der Waals surface area contributed by atoms with Crippen molar-refractivity contribution in [2.75, 3.05) is 18.1 Å². The fourth-order valence-electron chi connectivity index (χ4n) is 4.17. The monoisotopic (exact) mass is 563 g/mol. The lowest BCUT2D eigenvalue weighted by molar-refractivity contribution is -0.138. The van der Waals surface area contributed by atoms with Gasteiger partial charge in [-0.3, -0.25) is 9.78 Å². The lowest BCUT2D eigenvalue weighted by atomic mass is 10.1. The Bertz CT molecular complexity index is 1410. The quantitative estimate of drug-likeness (QED) is 0.286. The molecule has 1 aliphatic heterocycles. The van der Waals surface area contributed by atoms with Crippen LogP contribution in [0.25, 0.3) is 0 Å². The molecule has 1 unspecified atom stereocenters. The minimum Gasteiger partial charge on any atom is -0.476 e. The second-order valence-electron chi connectivity index (χ2n) is 10.3. The standard InChI is InChI=1S/C25H28F3N5O5Si/c1-39(2,3)9-8-37-15-33-23(34)22(25(26,27)28)19(11-30-33)32-13-16-6-4-5-7-17(16)20(32)14-38-21-12-29-10-18(31-21)24(35)36/h4-7,10-12,20H,8-9,13-15H2,1-3H3,(H,35,36). The predicted octanol–water partition coefficient (Wildman–Crippen LogP) is 4.20. The molecule has 1 N–H and O–H groups in total. The highest BCUT2D eigenvalue weighted by atomic mass is 28.3. The molecule has 39 heavy (non-hydrogen) atoms. The molecule has 3 aromatic rings. The maximum atomic E-state index is 14.3. The summed E-state index contributed by atoms with van der Waals surface area (Å²) in [7, 11) is -1.43. The summed E-state index contributed by atoms with van der Waals surface area (Å²) in [4.78, 5) is 33.3. The molecule has 0 amide bonds. The van der Waals surface area contributed by atoms with Crippen molar-refractivity contribution in [3.05, 3.63) is 75.6 Å². The van der Waals surface area contributed by atoms with E-state index in [9.17, 15) is 22.8 Å². The molecule has 1 aliphatic rings. The predicted molar refractivity (Wildman–Crippen MR) is 137 cm³/mol. The summed E-state index contributed by atoms with van der Waals surface area (Å²) in [5, 5.41) is 13.1. The van der Waals surface area contributed by atoms with Gasteiger partial charge in [-0.15, -0.1) is 0 Å². The van der Waals surface area contributed by atoms with Crippen LogP contribution in [-0.4, -0.2) is 52.1 Å². The van der Waals surface area contributed by atoms with Crippen molar-refractivity contribution in [2.24, 2.45) is 0 Å². The Labute approximate surface area is 223 Å². The van der Waals surface area contributed by atoms with Gasteiger partial charge in [0.1, 0.15) is 18.9 Å². The Hall–Kier alpha value is -3.78. The van der Waals surface area contributed by atoms with Crippen LogP contribution < -0.4 is 15.2 Å². The topological polar surface area (TPSA) is 120 Å². The lowest BCUT2D eigenvalue weighted by Crippen LogP contribution is -2.36. The van der Waals surface area contributed by atoms with Gasteiger partial charge in [0.15, 0.2) is 5.69 Å². The van der Waals surface area contributed by atoms with Crippen molar-refractivity contribution in [1.82, 2.24) is 19.7 Å². The van der Waals surface area contributed by atoms with Gasteiger partial charge in [-0.05, 0) is 17.2 Å². The van der Waals surface area contributed by atoms with E-state index in [0.717, 1.165) is 24.0 Å². The molecule has 208 valence electrons. The summed E-state index contributed by atoms with van der Waals surface area (Å²) in [5.74, 6) is -1.40. The first-order valence-corrected chi connectivity index (χ1v) is 15.8. The number of aromatic nitrogens is 4. The molecule has 0 spiro atoms. The van der Waals surface area contributed by atoms with Crippen LogP contribution in [0.1, 0.15) is 33.2 Å². The van der Waals surface area contributed by atoms with Crippen LogP contribution in [0.15, 0.2) is 47.7 Å². The summed E-state index contributed by atoms with van der Waals surface area (Å²) in [5.41, 5.74) is -1.92. The minimum absolute atomic E-state index is 0.0754. The largest absolute Gasteiger partial charge is 0.476 e. The van der Waals surface area contributed by atoms with Crippen LogP contribution in [0.4, 0.5) is 18.9 Å². The second kappa shape index (κ2) is 11.1. The summed E-state index contributed by atoms with van der Waals surface area (Å²) < 4.78 is 54.8. The highest BCUT2D eigenvalue weighted by Crippen LogP contribution is 2.42. The van der Waals surface area contributed by atoms with E-state index in [2.05, 4.69) is 34.7 Å². The van der Waals surface area contributed by atoms with Gasteiger partial charge in [0.2, 0.25) is 5.88 Å². The molecule has 0 aliphatic carbocycles. The fraction of sp³-hybridized carbons (Fsp3) is 0.400. The van der Waals surface area contributed by atoms with Crippen LogP contribution in [-0.2, 0) is 24.2 Å². The number of carboxylic acids is 1. The van der Waals surface area contributed by atoms with Gasteiger partial charge < -0.3 is 19.5 Å². The van der Waals surface area contributed by atoms with Crippen LogP contribution >= 0.6 is 0 Å². The fourth-order valence-corrected chi connectivity index (χ4v) is 4.92. The highest BCUT2D eigenvalue weighted by molar-refractivity contribution is 6.76. The molecule has 4 rings (SSSR count). The molecule has 0 saturated carbocycles. The van der Waals surface area contributed by atoms with E-state index in [1.54, 1.807) is 24.3 Å². The van der Waals surface area contributed by atoms with Gasteiger partial charge in [0, 0.05) is 21.2 Å². The molecule has 0 bridgehead atoms. The van der Waals surface area contributed by atoms with Crippen molar-refractivity contribution in [1.29, 1.82) is 0 Å². The van der Waals surface area contributed by atoms with Crippen LogP contribution in [0, 0.1) is 0 Å². The van der Waals surface area contributed by atoms with Crippen molar-refractivity contribution in [2.45, 2.75) is 51.2 Å². The first-order valence-electron chi connectivity index (χ1n) is 12.1. The number of hydrogen-bond acceptors (Lipinski definition) is 8. The summed E-state index contributed by atoms with van der Waals surface area (Å²) in [6, 6.07) is 7.10. The summed E-state index contributed by atoms with van der Waals surface area (Å²) in [6.45, 7) is 6.24. The molecule has 3 heterocycles. The molecule has 1 aromatic carbocycles. The van der Waals surface area contributed by atoms with Crippen LogP contribution in [0.5, 0.6) is 5.88 Å². The molecular weight excluding hydrogens is 535 g/mol. The molecule has 0 radical (unpaired) electrons. The third kappa shape index (κ3) is 6.62. The zero-order valence-corrected chi connectivity index (χ0v) is 22.6. The van der Waals surface area contributed by atoms with Gasteiger partial charge in [0.05, 0.1) is 30.3 Å². The number of alkyl halides is 3. The Balaban J connectivity index is 1.65. The van der Waals surface area contributed by atoms with Crippen molar-refractivity contribution < 1.29 is 32.5 Å². The maximum absolute atomic E-state index is 14.3. The number of hydrogen-bond donors (Lipinski definition) is 1. The number of benzene rings is 1. The highest BCUT2D eigenvalue weighted by Gasteiger charge is 2.42. The van der Waals surface area contributed by atoms with E-state index < -0.39 is 44.1 Å². The average molecular weight is 564 g/mol. The lowest BCUT2D eigenvalue weighted by Gasteiger charge is -2.29. The van der Waals surface area contributed by atoms with Crippen molar-refractivity contribution >= 4 is 19.7 Å². The van der Waals surface area contributed by atoms with Gasteiger partial charge in [0.25, 0.3) is 5.56 Å². The Morgan fingerprint density at radius 3 is 2.62 bits per heavy atom. The Morgan fingerprint density at radius 1 is 1.18 bits per heavy atom. The SMILES string of the molecule is C[Si](C)(C)CCOCn1ncc(N2Cc3ccccc3C2COc2cncc(C(=O)O)n2)c(C(F)(F)F)c1=O. The number of carbonyl (C=O) groups is 1. The molecule has 14 heteroatoms. The number of carboxylic acid groups (broad SMARTS) is 1. The van der Waals surface area contributed by atoms with Gasteiger partial charge >= 0.3 is 12.1 Å². The number of fused-ring (bicyclic) bond motifs is 1. The molecule has 1 atom stereocenters. The zero-order valence-electron chi connectivity index (χ0n) is 21.6. The van der Waals surface area contributed by atoms with E-state index >= 15 is 0 Å². The van der Waals surface area contributed by atoms with Crippen LogP contribution in [0.3, 0.4) is 0 Å². The third-order valence-electron chi connectivity index (χ3n) is 6.18. The van der Waals surface area contributed by atoms with E-state index in [4.69, 9.17) is 14.6 Å². The molecule has 10 nitrogen and oxygen atoms in total. The minimum atomic E-state index is -4.96. The number of ether oxygens (including phenoxy) is 2. The Morgan fingerprint density at radius 2 is 1.92 bits per heavy atom. The zero-order chi connectivity index (χ0) is 28.4. The second-order valence-corrected chi connectivity index (χ2v) is 15.9. The van der Waals surface area contributed by atoms with E-state index in [0.29, 0.717) is 16.9 Å². The van der Waals surface area contributed by atoms with E-state index in [-0.39, 0.29) is 30.4 Å². The molecular formula is C25H28F3N5O5Si. The first-order chi connectivity index (χ1) is 18.3. The maximum Gasteiger partial charge on any atom is 0.423 e. The van der Waals surface area contributed by atoms with Gasteiger partial charge in [-0.25, -0.2) is 14.5 Å². The average Bonchev–Trinajstić information content (AvgIpc) is 3.23. The number of nitrogens with zero attached hydrogens (tertiary/aromatic N) is 5. The van der Waals surface area contributed by atoms with E-state index in [1.165, 1.54) is 11.1 Å². The third-order valence-corrected chi connectivity index (χ3v) is 7.88. The normalized spacial score (nSPS) is 15.3. The number of rotatable bonds is 10. The first kappa shape index (κ1) is 28.2. The summed E-state index contributed by atoms with van der Waals surface area (Å²) in [6.07, 6.45) is -1.67.